The predicted molar refractivity (Wildman–Crippen MR) is 80.7 cm³/mol. The van der Waals surface area contributed by atoms with Gasteiger partial charge < -0.3 is 15.5 Å². The smallest absolute Gasteiger partial charge is 0.274 e. The largest absolute Gasteiger partial charge is 0.497 e. The van der Waals surface area contributed by atoms with Gasteiger partial charge in [-0.2, -0.15) is 0 Å². The van der Waals surface area contributed by atoms with Crippen LogP contribution in [-0.4, -0.2) is 18.0 Å². The van der Waals surface area contributed by atoms with Crippen LogP contribution in [0.1, 0.15) is 10.5 Å². The molecule has 0 aliphatic heterocycles. The van der Waals surface area contributed by atoms with Crippen molar-refractivity contribution in [2.45, 2.75) is 0 Å². The van der Waals surface area contributed by atoms with E-state index in [2.05, 4.69) is 31.7 Å². The van der Waals surface area contributed by atoms with Gasteiger partial charge >= 0.3 is 0 Å². The summed E-state index contributed by atoms with van der Waals surface area (Å²) in [6.07, 6.45) is 1.48. The molecule has 0 fully saturated rings. The quantitative estimate of drug-likeness (QED) is 0.589. The number of nitrogens with one attached hydrogen (secondary N) is 2. The highest BCUT2D eigenvalue weighted by Crippen LogP contribution is 2.24. The predicted octanol–water partition coefficient (Wildman–Crippen LogP) is 2.39. The number of aromatic nitrogens is 1. The molecular formula is C13H13BrN4O2. The molecule has 0 bridgehead atoms. The summed E-state index contributed by atoms with van der Waals surface area (Å²) in [7, 11) is 1.56. The van der Waals surface area contributed by atoms with Crippen LogP contribution in [0.3, 0.4) is 0 Å². The zero-order valence-corrected chi connectivity index (χ0v) is 12.3. The van der Waals surface area contributed by atoms with Crippen LogP contribution in [0.5, 0.6) is 5.75 Å². The Balaban J connectivity index is 2.16. The van der Waals surface area contributed by atoms with Crippen molar-refractivity contribution in [2.75, 3.05) is 17.9 Å². The number of nitrogens with zero attached hydrogens (tertiary/aromatic N) is 1. The van der Waals surface area contributed by atoms with E-state index in [1.54, 1.807) is 37.4 Å². The minimum absolute atomic E-state index is 0.294. The molecule has 0 aliphatic rings. The molecule has 0 atom stereocenters. The van der Waals surface area contributed by atoms with Crippen LogP contribution >= 0.6 is 15.9 Å². The van der Waals surface area contributed by atoms with Gasteiger partial charge in [-0.3, -0.25) is 10.6 Å². The maximum absolute atomic E-state index is 12.0. The fourth-order valence-corrected chi connectivity index (χ4v) is 2.03. The summed E-state index contributed by atoms with van der Waals surface area (Å²) in [6, 6.07) is 8.55. The van der Waals surface area contributed by atoms with Crippen LogP contribution in [0.4, 0.5) is 11.4 Å². The van der Waals surface area contributed by atoms with E-state index in [1.807, 2.05) is 0 Å². The Morgan fingerprint density at radius 2 is 2.10 bits per heavy atom. The molecule has 1 heterocycles. The Bertz CT molecular complexity index is 616. The molecule has 20 heavy (non-hydrogen) atoms. The fourth-order valence-electron chi connectivity index (χ4n) is 1.56. The lowest BCUT2D eigenvalue weighted by Crippen LogP contribution is -2.14. The van der Waals surface area contributed by atoms with E-state index < -0.39 is 0 Å². The molecule has 2 aromatic rings. The molecule has 1 aromatic carbocycles. The molecule has 0 unspecified atom stereocenters. The number of methoxy groups -OCH3 is 1. The third kappa shape index (κ3) is 3.46. The van der Waals surface area contributed by atoms with Gasteiger partial charge in [0.2, 0.25) is 0 Å². The molecule has 1 amide bonds. The Kier molecular flexibility index (Phi) is 4.54. The SMILES string of the molecule is COc1cc(Br)cc(NC(=O)c2ccc(NN)cn2)c1. The van der Waals surface area contributed by atoms with Crippen molar-refractivity contribution in [3.63, 3.8) is 0 Å². The number of carbonyl (C=O) groups is 1. The van der Waals surface area contributed by atoms with E-state index in [-0.39, 0.29) is 5.91 Å². The summed E-state index contributed by atoms with van der Waals surface area (Å²) in [4.78, 5) is 16.1. The Hall–Kier alpha value is -2.12. The molecule has 0 saturated carbocycles. The third-order valence-corrected chi connectivity index (χ3v) is 2.99. The van der Waals surface area contributed by atoms with E-state index >= 15 is 0 Å². The van der Waals surface area contributed by atoms with Crippen LogP contribution in [0.15, 0.2) is 41.0 Å². The monoisotopic (exact) mass is 336 g/mol. The standard InChI is InChI=1S/C13H13BrN4O2/c1-20-11-5-8(14)4-10(6-11)17-13(19)12-3-2-9(18-15)7-16-12/h2-7,18H,15H2,1H3,(H,17,19). The Morgan fingerprint density at radius 1 is 1.30 bits per heavy atom. The van der Waals surface area contributed by atoms with Gasteiger partial charge in [-0.1, -0.05) is 15.9 Å². The van der Waals surface area contributed by atoms with E-state index in [1.165, 1.54) is 6.20 Å². The van der Waals surface area contributed by atoms with E-state index in [0.717, 1.165) is 4.47 Å². The first kappa shape index (κ1) is 14.3. The minimum Gasteiger partial charge on any atom is -0.497 e. The van der Waals surface area contributed by atoms with Gasteiger partial charge in [-0.15, -0.1) is 0 Å². The number of benzene rings is 1. The average molecular weight is 337 g/mol. The van der Waals surface area contributed by atoms with Crippen LogP contribution in [-0.2, 0) is 0 Å². The number of anilines is 2. The lowest BCUT2D eigenvalue weighted by atomic mass is 10.2. The second kappa shape index (κ2) is 6.36. The number of nitrogens with two attached hydrogens (primary N) is 1. The number of hydrogen-bond donors (Lipinski definition) is 3. The molecule has 0 spiro atoms. The maximum atomic E-state index is 12.0. The van der Waals surface area contributed by atoms with Crippen molar-refractivity contribution in [3.05, 3.63) is 46.7 Å². The summed E-state index contributed by atoms with van der Waals surface area (Å²) < 4.78 is 5.94. The summed E-state index contributed by atoms with van der Waals surface area (Å²) in [5.41, 5.74) is 3.99. The summed E-state index contributed by atoms with van der Waals surface area (Å²) in [5.74, 6) is 5.57. The van der Waals surface area contributed by atoms with Crippen molar-refractivity contribution in [2.24, 2.45) is 5.84 Å². The van der Waals surface area contributed by atoms with Crippen LogP contribution in [0.2, 0.25) is 0 Å². The molecule has 1 aromatic heterocycles. The lowest BCUT2D eigenvalue weighted by Gasteiger charge is -2.08. The summed E-state index contributed by atoms with van der Waals surface area (Å²) in [5, 5.41) is 2.75. The molecule has 7 heteroatoms. The van der Waals surface area contributed by atoms with Crippen LogP contribution < -0.4 is 21.3 Å². The number of hydrogen-bond acceptors (Lipinski definition) is 5. The number of pyridine rings is 1. The van der Waals surface area contributed by atoms with Crippen molar-refractivity contribution in [1.82, 2.24) is 4.98 Å². The Morgan fingerprint density at radius 3 is 2.70 bits per heavy atom. The number of rotatable bonds is 4. The highest BCUT2D eigenvalue weighted by Gasteiger charge is 2.09. The molecular weight excluding hydrogens is 324 g/mol. The summed E-state index contributed by atoms with van der Waals surface area (Å²) >= 11 is 3.35. The van der Waals surface area contributed by atoms with Crippen LogP contribution in [0.25, 0.3) is 0 Å². The van der Waals surface area contributed by atoms with E-state index in [0.29, 0.717) is 22.8 Å². The topological polar surface area (TPSA) is 89.3 Å². The van der Waals surface area contributed by atoms with Gasteiger partial charge in [0.05, 0.1) is 19.0 Å². The normalized spacial score (nSPS) is 9.95. The van der Waals surface area contributed by atoms with Gasteiger partial charge in [0.1, 0.15) is 11.4 Å². The molecule has 0 aliphatic carbocycles. The first-order chi connectivity index (χ1) is 9.62. The molecule has 0 radical (unpaired) electrons. The van der Waals surface area contributed by atoms with E-state index in [4.69, 9.17) is 10.6 Å². The second-order valence-corrected chi connectivity index (χ2v) is 4.83. The number of halogens is 1. The van der Waals surface area contributed by atoms with Gasteiger partial charge in [0, 0.05) is 16.2 Å². The van der Waals surface area contributed by atoms with Crippen LogP contribution in [0, 0.1) is 0 Å². The fraction of sp³-hybridized carbons (Fsp3) is 0.0769. The molecule has 2 rings (SSSR count). The highest BCUT2D eigenvalue weighted by atomic mass is 79.9. The van der Waals surface area contributed by atoms with E-state index in [9.17, 15) is 4.79 Å². The van der Waals surface area contributed by atoms with Gasteiger partial charge in [0.25, 0.3) is 5.91 Å². The van der Waals surface area contributed by atoms with Gasteiger partial charge in [0.15, 0.2) is 0 Å². The number of amides is 1. The first-order valence-corrected chi connectivity index (χ1v) is 6.50. The summed E-state index contributed by atoms with van der Waals surface area (Å²) in [6.45, 7) is 0. The number of nitrogen functional groups attached to an aromatic ring is 1. The van der Waals surface area contributed by atoms with Crippen molar-refractivity contribution in [3.8, 4) is 5.75 Å². The first-order valence-electron chi connectivity index (χ1n) is 5.71. The van der Waals surface area contributed by atoms with Gasteiger partial charge in [-0.05, 0) is 24.3 Å². The highest BCUT2D eigenvalue weighted by molar-refractivity contribution is 9.10. The van der Waals surface area contributed by atoms with Crippen molar-refractivity contribution >= 4 is 33.2 Å². The van der Waals surface area contributed by atoms with Crippen molar-refractivity contribution < 1.29 is 9.53 Å². The molecule has 4 N–H and O–H groups in total. The third-order valence-electron chi connectivity index (χ3n) is 2.53. The molecule has 6 nitrogen and oxygen atoms in total. The number of carbonyl (C=O) groups excluding carboxylic acids is 1. The van der Waals surface area contributed by atoms with Crippen molar-refractivity contribution in [1.29, 1.82) is 0 Å². The lowest BCUT2D eigenvalue weighted by molar-refractivity contribution is 0.102. The van der Waals surface area contributed by atoms with Gasteiger partial charge in [-0.25, -0.2) is 4.98 Å². The zero-order valence-electron chi connectivity index (χ0n) is 10.7. The zero-order chi connectivity index (χ0) is 14.5. The number of ether oxygens (including phenoxy) is 1. The molecule has 0 saturated heterocycles. The minimum atomic E-state index is -0.311. The maximum Gasteiger partial charge on any atom is 0.274 e. The molecule has 104 valence electrons. The Labute approximate surface area is 124 Å². The average Bonchev–Trinajstić information content (AvgIpc) is 2.46. The second-order valence-electron chi connectivity index (χ2n) is 3.91. The number of hydrazine groups is 1.